The first kappa shape index (κ1) is 10.3. The van der Waals surface area contributed by atoms with Gasteiger partial charge in [-0.15, -0.1) is 0 Å². The molecule has 0 fully saturated rings. The molecule has 0 aliphatic carbocycles. The highest BCUT2D eigenvalue weighted by atomic mass is 16.6. The second-order valence-electron chi connectivity index (χ2n) is 2.58. The Hall–Kier alpha value is -1.78. The summed E-state index contributed by atoms with van der Waals surface area (Å²) in [5, 5.41) is 3.54. The number of amides is 1. The van der Waals surface area contributed by atoms with E-state index in [1.54, 1.807) is 12.1 Å². The summed E-state index contributed by atoms with van der Waals surface area (Å²) in [5.41, 5.74) is 6.83. The molecule has 0 unspecified atom stereocenters. The molecular weight excluding hydrogens is 184 g/mol. The zero-order valence-corrected chi connectivity index (χ0v) is 7.82. The fraction of sp³-hybridized carbons (Fsp3) is 0.333. The van der Waals surface area contributed by atoms with Gasteiger partial charge in [-0.25, -0.2) is 0 Å². The summed E-state index contributed by atoms with van der Waals surface area (Å²) in [7, 11) is 0. The minimum Gasteiger partial charge on any atom is -0.462 e. The number of oxime groups is 1. The number of nitrogens with zero attached hydrogens (tertiary/aromatic N) is 1. The number of carbonyl (C=O) groups is 1. The topological polar surface area (TPSA) is 75.6 Å². The minimum absolute atomic E-state index is 0.108. The third-order valence-electron chi connectivity index (χ3n) is 1.42. The van der Waals surface area contributed by atoms with Gasteiger partial charge in [0.25, 0.3) is 5.91 Å². The lowest BCUT2D eigenvalue weighted by Gasteiger charge is -1.98. The maximum absolute atomic E-state index is 10.8. The highest BCUT2D eigenvalue weighted by Gasteiger charge is 2.14. The lowest BCUT2D eigenvalue weighted by molar-refractivity contribution is -0.112. The highest BCUT2D eigenvalue weighted by Crippen LogP contribution is 2.03. The average molecular weight is 195 g/mol. The summed E-state index contributed by atoms with van der Waals surface area (Å²) >= 11 is 0. The monoisotopic (exact) mass is 195 g/mol. The molecule has 0 saturated carbocycles. The molecule has 0 aliphatic rings. The predicted octanol–water partition coefficient (Wildman–Crippen LogP) is 1.22. The molecule has 0 saturated heterocycles. The van der Waals surface area contributed by atoms with Gasteiger partial charge >= 0.3 is 0 Å². The van der Waals surface area contributed by atoms with E-state index in [2.05, 4.69) is 5.16 Å². The maximum atomic E-state index is 10.8. The van der Waals surface area contributed by atoms with Gasteiger partial charge in [0.15, 0.2) is 5.76 Å². The second kappa shape index (κ2) is 5.06. The van der Waals surface area contributed by atoms with Crippen molar-refractivity contribution < 1.29 is 14.0 Å². The highest BCUT2D eigenvalue weighted by molar-refractivity contribution is 6.43. The molecule has 14 heavy (non-hydrogen) atoms. The third kappa shape index (κ3) is 2.62. The van der Waals surface area contributed by atoms with E-state index in [0.717, 1.165) is 6.42 Å². The lowest BCUT2D eigenvalue weighted by Crippen LogP contribution is -2.16. The largest absolute Gasteiger partial charge is 0.462 e. The van der Waals surface area contributed by atoms with Gasteiger partial charge in [0.1, 0.15) is 6.61 Å². The van der Waals surface area contributed by atoms with Crippen molar-refractivity contribution in [1.29, 1.82) is 0 Å². The van der Waals surface area contributed by atoms with E-state index in [9.17, 15) is 4.79 Å². The lowest BCUT2D eigenvalue weighted by atomic mass is 10.3. The number of rotatable bonds is 5. The smallest absolute Gasteiger partial charge is 0.295 e. The number of hydrogen-bond donors (Lipinski definition) is 0. The van der Waals surface area contributed by atoms with Crippen LogP contribution in [0.3, 0.4) is 0 Å². The number of nitrogens with one attached hydrogen (secondary N) is 1. The number of furan rings is 1. The van der Waals surface area contributed by atoms with Crippen LogP contribution in [0.1, 0.15) is 19.1 Å². The van der Waals surface area contributed by atoms with E-state index in [0.29, 0.717) is 6.61 Å². The fourth-order valence-electron chi connectivity index (χ4n) is 0.813. The molecule has 5 heteroatoms. The molecule has 1 radical (unpaired) electrons. The molecule has 1 heterocycles. The molecule has 1 aromatic heterocycles. The summed E-state index contributed by atoms with van der Waals surface area (Å²) in [6.07, 6.45) is 2.20. The van der Waals surface area contributed by atoms with Crippen molar-refractivity contribution in [3.63, 3.8) is 0 Å². The zero-order chi connectivity index (χ0) is 10.4. The molecule has 1 aromatic rings. The van der Waals surface area contributed by atoms with Crippen LogP contribution in [0.2, 0.25) is 0 Å². The van der Waals surface area contributed by atoms with Crippen molar-refractivity contribution in [2.75, 3.05) is 6.61 Å². The first-order valence-corrected chi connectivity index (χ1v) is 4.25. The van der Waals surface area contributed by atoms with E-state index in [-0.39, 0.29) is 11.5 Å². The van der Waals surface area contributed by atoms with E-state index in [1.807, 2.05) is 6.92 Å². The van der Waals surface area contributed by atoms with E-state index < -0.39 is 5.91 Å². The Labute approximate surface area is 81.5 Å². The Balaban J connectivity index is 2.75. The Bertz CT molecular complexity index is 317. The summed E-state index contributed by atoms with van der Waals surface area (Å²) in [5.74, 6) is -0.669. The van der Waals surface area contributed by atoms with Gasteiger partial charge < -0.3 is 9.25 Å². The van der Waals surface area contributed by atoms with Crippen LogP contribution in [0, 0.1) is 0 Å². The van der Waals surface area contributed by atoms with Gasteiger partial charge in [-0.3, -0.25) is 10.5 Å². The second-order valence-corrected chi connectivity index (χ2v) is 2.58. The zero-order valence-electron chi connectivity index (χ0n) is 7.82. The fourth-order valence-corrected chi connectivity index (χ4v) is 0.813. The molecule has 5 nitrogen and oxygen atoms in total. The van der Waals surface area contributed by atoms with Gasteiger partial charge in [-0.05, 0) is 18.6 Å². The van der Waals surface area contributed by atoms with Crippen molar-refractivity contribution in [2.24, 2.45) is 5.16 Å². The van der Waals surface area contributed by atoms with Crippen molar-refractivity contribution in [3.05, 3.63) is 24.2 Å². The van der Waals surface area contributed by atoms with Crippen LogP contribution in [-0.2, 0) is 9.63 Å². The molecule has 0 aliphatic heterocycles. The molecule has 0 atom stereocenters. The molecule has 1 rings (SSSR count). The molecule has 0 aromatic carbocycles. The van der Waals surface area contributed by atoms with Gasteiger partial charge in [-0.2, -0.15) is 0 Å². The minimum atomic E-state index is -0.920. The van der Waals surface area contributed by atoms with Crippen LogP contribution >= 0.6 is 0 Å². The van der Waals surface area contributed by atoms with Crippen LogP contribution in [0.15, 0.2) is 28.0 Å². The van der Waals surface area contributed by atoms with E-state index in [4.69, 9.17) is 15.0 Å². The summed E-state index contributed by atoms with van der Waals surface area (Å²) in [4.78, 5) is 15.6. The maximum Gasteiger partial charge on any atom is 0.295 e. The Morgan fingerprint density at radius 1 is 1.71 bits per heavy atom. The standard InChI is InChI=1S/C9H11N2O3/c1-2-5-14-11-8(9(10)12)7-4-3-6-13-7/h3-4,6,10H,2,5H2,1H3/b11-8+. The number of hydrogen-bond acceptors (Lipinski definition) is 4. The van der Waals surface area contributed by atoms with Crippen LogP contribution in [0.5, 0.6) is 0 Å². The van der Waals surface area contributed by atoms with Crippen molar-refractivity contribution in [3.8, 4) is 0 Å². The molecule has 0 spiro atoms. The molecule has 1 amide bonds. The van der Waals surface area contributed by atoms with Gasteiger partial charge in [0.05, 0.1) is 6.26 Å². The predicted molar refractivity (Wildman–Crippen MR) is 49.6 cm³/mol. The van der Waals surface area contributed by atoms with Gasteiger partial charge in [-0.1, -0.05) is 12.1 Å². The van der Waals surface area contributed by atoms with Crippen molar-refractivity contribution in [1.82, 2.24) is 5.73 Å². The molecular formula is C9H11N2O3. The van der Waals surface area contributed by atoms with Gasteiger partial charge in [0, 0.05) is 0 Å². The number of carbonyl (C=O) groups excluding carboxylic acids is 1. The quantitative estimate of drug-likeness (QED) is 0.402. The van der Waals surface area contributed by atoms with Gasteiger partial charge in [0.2, 0.25) is 5.71 Å². The molecule has 0 bridgehead atoms. The average Bonchev–Trinajstić information content (AvgIpc) is 2.64. The van der Waals surface area contributed by atoms with Crippen molar-refractivity contribution >= 4 is 11.6 Å². The molecule has 1 N–H and O–H groups in total. The van der Waals surface area contributed by atoms with Crippen LogP contribution in [0.4, 0.5) is 0 Å². The Kier molecular flexibility index (Phi) is 3.72. The Morgan fingerprint density at radius 2 is 2.50 bits per heavy atom. The van der Waals surface area contributed by atoms with Crippen LogP contribution in [-0.4, -0.2) is 18.2 Å². The summed E-state index contributed by atoms with van der Waals surface area (Å²) in [6, 6.07) is 3.17. The first-order chi connectivity index (χ1) is 6.75. The van der Waals surface area contributed by atoms with E-state index >= 15 is 0 Å². The Morgan fingerprint density at radius 3 is 3.00 bits per heavy atom. The normalized spacial score (nSPS) is 11.4. The summed E-state index contributed by atoms with van der Waals surface area (Å²) < 4.78 is 4.94. The van der Waals surface area contributed by atoms with Crippen LogP contribution < -0.4 is 5.73 Å². The SMILES string of the molecule is CCCO/N=C(/C([NH])=O)c1ccco1. The molecule has 75 valence electrons. The van der Waals surface area contributed by atoms with Crippen molar-refractivity contribution in [2.45, 2.75) is 13.3 Å². The van der Waals surface area contributed by atoms with Crippen LogP contribution in [0.25, 0.3) is 0 Å². The summed E-state index contributed by atoms with van der Waals surface area (Å²) in [6.45, 7) is 2.34. The third-order valence-corrected chi connectivity index (χ3v) is 1.42. The van der Waals surface area contributed by atoms with E-state index in [1.165, 1.54) is 6.26 Å². The first-order valence-electron chi connectivity index (χ1n) is 4.25.